The van der Waals surface area contributed by atoms with Gasteiger partial charge in [-0.25, -0.2) is 4.79 Å². The molecule has 0 saturated carbocycles. The van der Waals surface area contributed by atoms with Crippen molar-refractivity contribution in [2.45, 2.75) is 71.6 Å². The van der Waals surface area contributed by atoms with Crippen molar-refractivity contribution < 1.29 is 29.4 Å². The fraction of sp³-hybridized carbons (Fsp3) is 0.778. The maximum atomic E-state index is 12.3. The van der Waals surface area contributed by atoms with Gasteiger partial charge in [0.2, 0.25) is 17.7 Å². The Hall–Kier alpha value is -2.20. The van der Waals surface area contributed by atoms with Crippen molar-refractivity contribution in [1.29, 1.82) is 0 Å². The predicted molar refractivity (Wildman–Crippen MR) is 103 cm³/mol. The number of amides is 3. The van der Waals surface area contributed by atoms with Gasteiger partial charge >= 0.3 is 5.97 Å². The minimum absolute atomic E-state index is 0.0697. The smallest absolute Gasteiger partial charge is 0.326 e. The molecule has 7 N–H and O–H groups in total. The number of aliphatic carboxylic acids is 1. The van der Waals surface area contributed by atoms with Crippen molar-refractivity contribution >= 4 is 23.7 Å². The lowest BCUT2D eigenvalue weighted by Gasteiger charge is -2.25. The SMILES string of the molecule is CCC(C)C(N)C(=O)NC(C)C(=O)NC(CO)C(=O)NC(C(=O)O)C(C)CC. The van der Waals surface area contributed by atoms with E-state index in [0.29, 0.717) is 12.8 Å². The van der Waals surface area contributed by atoms with E-state index >= 15 is 0 Å². The van der Waals surface area contributed by atoms with Crippen LogP contribution in [0.4, 0.5) is 0 Å². The number of carbonyl (C=O) groups excluding carboxylic acids is 3. The molecule has 0 rings (SSSR count). The molecule has 0 fully saturated rings. The van der Waals surface area contributed by atoms with E-state index in [1.807, 2.05) is 13.8 Å². The quantitative estimate of drug-likeness (QED) is 0.242. The lowest BCUT2D eigenvalue weighted by Crippen LogP contribution is -2.58. The molecule has 0 radical (unpaired) electrons. The van der Waals surface area contributed by atoms with Gasteiger partial charge in [-0.3, -0.25) is 14.4 Å². The minimum Gasteiger partial charge on any atom is -0.480 e. The fourth-order valence-electron chi connectivity index (χ4n) is 2.32. The molecule has 3 amide bonds. The topological polar surface area (TPSA) is 171 Å². The van der Waals surface area contributed by atoms with Crippen molar-refractivity contribution in [2.75, 3.05) is 6.61 Å². The zero-order valence-electron chi connectivity index (χ0n) is 17.2. The second kappa shape index (κ2) is 12.3. The van der Waals surface area contributed by atoms with Crippen LogP contribution in [0, 0.1) is 11.8 Å². The van der Waals surface area contributed by atoms with Crippen LogP contribution in [0.2, 0.25) is 0 Å². The normalized spacial score (nSPS) is 17.4. The first kappa shape index (κ1) is 25.8. The number of carboxylic acids is 1. The molecule has 0 aliphatic rings. The first-order chi connectivity index (χ1) is 13.0. The van der Waals surface area contributed by atoms with Crippen LogP contribution in [0.15, 0.2) is 0 Å². The molecule has 10 heteroatoms. The summed E-state index contributed by atoms with van der Waals surface area (Å²) in [4.78, 5) is 47.9. The van der Waals surface area contributed by atoms with E-state index in [-0.39, 0.29) is 11.8 Å². The summed E-state index contributed by atoms with van der Waals surface area (Å²) in [5.74, 6) is -3.63. The Morgan fingerprint density at radius 1 is 0.857 bits per heavy atom. The van der Waals surface area contributed by atoms with Gasteiger partial charge in [-0.15, -0.1) is 0 Å². The van der Waals surface area contributed by atoms with Gasteiger partial charge < -0.3 is 31.9 Å². The molecule has 0 heterocycles. The van der Waals surface area contributed by atoms with E-state index in [1.54, 1.807) is 13.8 Å². The van der Waals surface area contributed by atoms with Gasteiger partial charge in [-0.05, 0) is 18.8 Å². The van der Waals surface area contributed by atoms with Gasteiger partial charge in [0.05, 0.1) is 12.6 Å². The van der Waals surface area contributed by atoms with Crippen LogP contribution in [0.3, 0.4) is 0 Å². The number of hydrogen-bond acceptors (Lipinski definition) is 6. The highest BCUT2D eigenvalue weighted by Gasteiger charge is 2.30. The number of rotatable bonds is 12. The molecule has 0 aliphatic heterocycles. The Labute approximate surface area is 165 Å². The summed E-state index contributed by atoms with van der Waals surface area (Å²) >= 11 is 0. The van der Waals surface area contributed by atoms with Crippen molar-refractivity contribution in [1.82, 2.24) is 16.0 Å². The van der Waals surface area contributed by atoms with Crippen LogP contribution in [0.25, 0.3) is 0 Å². The number of aliphatic hydroxyl groups is 1. The highest BCUT2D eigenvalue weighted by atomic mass is 16.4. The molecule has 6 unspecified atom stereocenters. The molecule has 0 bridgehead atoms. The summed E-state index contributed by atoms with van der Waals surface area (Å²) in [6.07, 6.45) is 1.22. The summed E-state index contributed by atoms with van der Waals surface area (Å²) in [5.41, 5.74) is 5.82. The average Bonchev–Trinajstić information content (AvgIpc) is 2.67. The monoisotopic (exact) mass is 402 g/mol. The molecule has 0 aromatic carbocycles. The first-order valence-electron chi connectivity index (χ1n) is 9.50. The molecule has 0 saturated heterocycles. The Morgan fingerprint density at radius 3 is 1.82 bits per heavy atom. The molecule has 0 spiro atoms. The van der Waals surface area contributed by atoms with Gasteiger partial charge in [0, 0.05) is 0 Å². The third kappa shape index (κ3) is 7.81. The lowest BCUT2D eigenvalue weighted by molar-refractivity contribution is -0.144. The van der Waals surface area contributed by atoms with Crippen LogP contribution < -0.4 is 21.7 Å². The molecule has 162 valence electrons. The van der Waals surface area contributed by atoms with E-state index < -0.39 is 54.5 Å². The number of hydrogen-bond donors (Lipinski definition) is 6. The number of carbonyl (C=O) groups is 4. The van der Waals surface area contributed by atoms with Crippen LogP contribution in [0.1, 0.15) is 47.5 Å². The lowest BCUT2D eigenvalue weighted by atomic mass is 9.99. The van der Waals surface area contributed by atoms with Crippen molar-refractivity contribution in [3.63, 3.8) is 0 Å². The zero-order valence-corrected chi connectivity index (χ0v) is 17.2. The summed E-state index contributed by atoms with van der Waals surface area (Å²) in [5, 5.41) is 25.8. The van der Waals surface area contributed by atoms with Crippen molar-refractivity contribution in [3.8, 4) is 0 Å². The van der Waals surface area contributed by atoms with Gasteiger partial charge in [0.1, 0.15) is 18.1 Å². The molecule has 0 aliphatic carbocycles. The molecule has 10 nitrogen and oxygen atoms in total. The van der Waals surface area contributed by atoms with Crippen molar-refractivity contribution in [2.24, 2.45) is 17.6 Å². The molecule has 6 atom stereocenters. The molecule has 28 heavy (non-hydrogen) atoms. The molecule has 0 aromatic rings. The Bertz CT molecular complexity index is 556. The number of nitrogens with two attached hydrogens (primary N) is 1. The van der Waals surface area contributed by atoms with E-state index in [2.05, 4.69) is 16.0 Å². The average molecular weight is 402 g/mol. The standard InChI is InChI=1S/C18H34N4O6/c1-6-9(3)13(19)17(26)20-11(5)15(24)21-12(8-23)16(25)22-14(18(27)28)10(4)7-2/h9-14,23H,6-8,19H2,1-5H3,(H,20,26)(H,21,24)(H,22,25)(H,27,28). The fourth-order valence-corrected chi connectivity index (χ4v) is 2.32. The molecular formula is C18H34N4O6. The second-order valence-electron chi connectivity index (χ2n) is 7.10. The second-order valence-corrected chi connectivity index (χ2v) is 7.10. The Kier molecular flexibility index (Phi) is 11.3. The van der Waals surface area contributed by atoms with Gasteiger partial charge in [0.25, 0.3) is 0 Å². The Morgan fingerprint density at radius 2 is 1.39 bits per heavy atom. The third-order valence-corrected chi connectivity index (χ3v) is 4.90. The summed E-state index contributed by atoms with van der Waals surface area (Å²) in [6.45, 7) is 7.86. The highest BCUT2D eigenvalue weighted by molar-refractivity contribution is 5.94. The van der Waals surface area contributed by atoms with E-state index in [9.17, 15) is 29.4 Å². The Balaban J connectivity index is 4.91. The minimum atomic E-state index is -1.35. The van der Waals surface area contributed by atoms with E-state index in [1.165, 1.54) is 6.92 Å². The summed E-state index contributed by atoms with van der Waals surface area (Å²) in [6, 6.07) is -4.26. The molecular weight excluding hydrogens is 368 g/mol. The maximum absolute atomic E-state index is 12.3. The van der Waals surface area contributed by atoms with Crippen LogP contribution in [0.5, 0.6) is 0 Å². The van der Waals surface area contributed by atoms with Gasteiger partial charge in [0.15, 0.2) is 0 Å². The van der Waals surface area contributed by atoms with Gasteiger partial charge in [-0.2, -0.15) is 0 Å². The van der Waals surface area contributed by atoms with E-state index in [4.69, 9.17) is 5.73 Å². The van der Waals surface area contributed by atoms with Crippen LogP contribution in [-0.2, 0) is 19.2 Å². The maximum Gasteiger partial charge on any atom is 0.326 e. The third-order valence-electron chi connectivity index (χ3n) is 4.90. The first-order valence-corrected chi connectivity index (χ1v) is 9.50. The van der Waals surface area contributed by atoms with Crippen LogP contribution >= 0.6 is 0 Å². The van der Waals surface area contributed by atoms with E-state index in [0.717, 1.165) is 0 Å². The number of nitrogens with one attached hydrogen (secondary N) is 3. The molecule has 0 aromatic heterocycles. The highest BCUT2D eigenvalue weighted by Crippen LogP contribution is 2.08. The van der Waals surface area contributed by atoms with Gasteiger partial charge in [-0.1, -0.05) is 40.5 Å². The number of carboxylic acid groups (broad SMARTS) is 1. The largest absolute Gasteiger partial charge is 0.480 e. The van der Waals surface area contributed by atoms with Crippen LogP contribution in [-0.4, -0.2) is 64.7 Å². The predicted octanol–water partition coefficient (Wildman–Crippen LogP) is -1.04. The zero-order chi connectivity index (χ0) is 22.0. The summed E-state index contributed by atoms with van der Waals surface area (Å²) in [7, 11) is 0. The van der Waals surface area contributed by atoms with Crippen molar-refractivity contribution in [3.05, 3.63) is 0 Å². The summed E-state index contributed by atoms with van der Waals surface area (Å²) < 4.78 is 0. The number of aliphatic hydroxyl groups excluding tert-OH is 1.